The Hall–Kier alpha value is -0.668. The summed E-state index contributed by atoms with van der Waals surface area (Å²) < 4.78 is 26.6. The van der Waals surface area contributed by atoms with Gasteiger partial charge in [0.15, 0.2) is 8.32 Å². The standard InChI is InChI=1S/C20H39BN2O4Si/c1-15(24-12-13-25-28(10,11)18(2,3)4)17-16(14-22-23(17)9)21-26-19(5,6)20(7,8)27-21/h14-15H,12-13H2,1-11H3. The molecule has 8 heteroatoms. The van der Waals surface area contributed by atoms with E-state index in [4.69, 9.17) is 18.5 Å². The topological polar surface area (TPSA) is 54.7 Å². The van der Waals surface area contributed by atoms with Gasteiger partial charge in [0.2, 0.25) is 0 Å². The zero-order valence-electron chi connectivity index (χ0n) is 19.7. The van der Waals surface area contributed by atoms with E-state index in [0.717, 1.165) is 11.2 Å². The van der Waals surface area contributed by atoms with E-state index in [2.05, 4.69) is 66.7 Å². The van der Waals surface area contributed by atoms with Crippen molar-refractivity contribution in [1.82, 2.24) is 9.78 Å². The van der Waals surface area contributed by atoms with E-state index in [-0.39, 0.29) is 22.3 Å². The van der Waals surface area contributed by atoms with Crippen LogP contribution in [0.25, 0.3) is 0 Å². The van der Waals surface area contributed by atoms with E-state index in [1.54, 1.807) is 0 Å². The number of aromatic nitrogens is 2. The highest BCUT2D eigenvalue weighted by atomic mass is 28.4. The molecule has 0 spiro atoms. The average Bonchev–Trinajstić information content (AvgIpc) is 2.99. The molecule has 0 N–H and O–H groups in total. The first-order chi connectivity index (χ1) is 12.6. The number of rotatable bonds is 7. The van der Waals surface area contributed by atoms with Crippen molar-refractivity contribution >= 4 is 20.9 Å². The monoisotopic (exact) mass is 410 g/mol. The van der Waals surface area contributed by atoms with Crippen molar-refractivity contribution in [2.24, 2.45) is 7.05 Å². The van der Waals surface area contributed by atoms with Crippen LogP contribution >= 0.6 is 0 Å². The number of hydrogen-bond acceptors (Lipinski definition) is 5. The Morgan fingerprint density at radius 2 is 1.68 bits per heavy atom. The van der Waals surface area contributed by atoms with Crippen LogP contribution < -0.4 is 5.46 Å². The lowest BCUT2D eigenvalue weighted by atomic mass is 9.78. The van der Waals surface area contributed by atoms with Gasteiger partial charge in [0.1, 0.15) is 0 Å². The Balaban J connectivity index is 2.02. The summed E-state index contributed by atoms with van der Waals surface area (Å²) in [7, 11) is -0.271. The third-order valence-electron chi connectivity index (χ3n) is 6.63. The largest absolute Gasteiger partial charge is 0.498 e. The molecule has 28 heavy (non-hydrogen) atoms. The molecular weight excluding hydrogens is 371 g/mol. The first kappa shape index (κ1) is 23.6. The fourth-order valence-corrected chi connectivity index (χ4v) is 3.96. The molecule has 0 radical (unpaired) electrons. The molecule has 2 rings (SSSR count). The van der Waals surface area contributed by atoms with Gasteiger partial charge in [0, 0.05) is 18.7 Å². The maximum atomic E-state index is 6.22. The molecule has 1 unspecified atom stereocenters. The molecule has 1 fully saturated rings. The second-order valence-corrected chi connectivity index (χ2v) is 15.1. The first-order valence-electron chi connectivity index (χ1n) is 10.2. The molecule has 0 amide bonds. The molecule has 0 saturated carbocycles. The van der Waals surface area contributed by atoms with Crippen molar-refractivity contribution in [2.75, 3.05) is 13.2 Å². The summed E-state index contributed by atoms with van der Waals surface area (Å²) in [4.78, 5) is 0. The highest BCUT2D eigenvalue weighted by molar-refractivity contribution is 6.74. The molecule has 0 aromatic carbocycles. The summed E-state index contributed by atoms with van der Waals surface area (Å²) in [6.07, 6.45) is 1.69. The highest BCUT2D eigenvalue weighted by Gasteiger charge is 2.53. The third-order valence-corrected chi connectivity index (χ3v) is 11.2. The number of aryl methyl sites for hydroxylation is 1. The van der Waals surface area contributed by atoms with Crippen LogP contribution in [0.15, 0.2) is 6.20 Å². The second kappa shape index (κ2) is 7.87. The molecule has 2 heterocycles. The zero-order valence-corrected chi connectivity index (χ0v) is 20.7. The molecule has 1 aliphatic rings. The number of hydrogen-bond donors (Lipinski definition) is 0. The lowest BCUT2D eigenvalue weighted by Gasteiger charge is -2.36. The van der Waals surface area contributed by atoms with Gasteiger partial charge in [0.05, 0.1) is 36.2 Å². The lowest BCUT2D eigenvalue weighted by Crippen LogP contribution is -2.41. The number of nitrogens with zero attached hydrogens (tertiary/aromatic N) is 2. The van der Waals surface area contributed by atoms with E-state index in [0.29, 0.717) is 13.2 Å². The Bertz CT molecular complexity index is 666. The predicted molar refractivity (Wildman–Crippen MR) is 116 cm³/mol. The van der Waals surface area contributed by atoms with Crippen LogP contribution in [0.3, 0.4) is 0 Å². The van der Waals surface area contributed by atoms with Crippen molar-refractivity contribution in [3.8, 4) is 0 Å². The normalized spacial score (nSPS) is 20.6. The van der Waals surface area contributed by atoms with Gasteiger partial charge in [-0.1, -0.05) is 20.8 Å². The maximum Gasteiger partial charge on any atom is 0.498 e. The Kier molecular flexibility index (Phi) is 6.64. The minimum atomic E-state index is -1.76. The Labute approximate surface area is 172 Å². The lowest BCUT2D eigenvalue weighted by molar-refractivity contribution is 0.00578. The van der Waals surface area contributed by atoms with E-state index >= 15 is 0 Å². The summed E-state index contributed by atoms with van der Waals surface area (Å²) in [5.74, 6) is 0. The SMILES string of the molecule is CC(OCCO[Si](C)(C)C(C)(C)C)c1c(B2OC(C)(C)C(C)(C)O2)cnn1C. The minimum absolute atomic E-state index is 0.135. The first-order valence-corrected chi connectivity index (χ1v) is 13.1. The molecule has 0 aliphatic carbocycles. The molecule has 1 atom stereocenters. The molecule has 1 aromatic rings. The van der Waals surface area contributed by atoms with Crippen molar-refractivity contribution in [2.45, 2.75) is 90.8 Å². The predicted octanol–water partition coefficient (Wildman–Crippen LogP) is 3.82. The minimum Gasteiger partial charge on any atom is -0.414 e. The zero-order chi connectivity index (χ0) is 21.5. The Morgan fingerprint density at radius 3 is 2.18 bits per heavy atom. The van der Waals surface area contributed by atoms with Crippen LogP contribution in [-0.2, 0) is 25.5 Å². The number of ether oxygens (including phenoxy) is 1. The highest BCUT2D eigenvalue weighted by Crippen LogP contribution is 2.37. The fourth-order valence-electron chi connectivity index (χ4n) is 2.93. The van der Waals surface area contributed by atoms with Gasteiger partial charge >= 0.3 is 7.12 Å². The van der Waals surface area contributed by atoms with E-state index in [9.17, 15) is 0 Å². The third kappa shape index (κ3) is 4.73. The van der Waals surface area contributed by atoms with Crippen LogP contribution in [0.1, 0.15) is 67.2 Å². The van der Waals surface area contributed by atoms with Crippen LogP contribution in [0.4, 0.5) is 0 Å². The molecule has 1 saturated heterocycles. The average molecular weight is 410 g/mol. The molecule has 6 nitrogen and oxygen atoms in total. The van der Waals surface area contributed by atoms with Crippen LogP contribution in [0.5, 0.6) is 0 Å². The summed E-state index contributed by atoms with van der Waals surface area (Å²) in [6.45, 7) is 22.7. The van der Waals surface area contributed by atoms with Crippen molar-refractivity contribution in [3.05, 3.63) is 11.9 Å². The van der Waals surface area contributed by atoms with Gasteiger partial charge in [-0.3, -0.25) is 4.68 Å². The van der Waals surface area contributed by atoms with Crippen molar-refractivity contribution in [3.63, 3.8) is 0 Å². The summed E-state index contributed by atoms with van der Waals surface area (Å²) in [5, 5.41) is 4.63. The Morgan fingerprint density at radius 1 is 1.14 bits per heavy atom. The summed E-state index contributed by atoms with van der Waals surface area (Å²) in [6, 6.07) is 0. The van der Waals surface area contributed by atoms with Crippen molar-refractivity contribution in [1.29, 1.82) is 0 Å². The smallest absolute Gasteiger partial charge is 0.414 e. The molecule has 0 bridgehead atoms. The summed E-state index contributed by atoms with van der Waals surface area (Å²) in [5.41, 5.74) is 1.14. The van der Waals surface area contributed by atoms with Gasteiger partial charge in [-0.2, -0.15) is 5.10 Å². The van der Waals surface area contributed by atoms with Gasteiger partial charge in [-0.15, -0.1) is 0 Å². The molecule has 1 aliphatic heterocycles. The van der Waals surface area contributed by atoms with E-state index < -0.39 is 15.4 Å². The van der Waals surface area contributed by atoms with Crippen LogP contribution in [0, 0.1) is 0 Å². The summed E-state index contributed by atoms with van der Waals surface area (Å²) >= 11 is 0. The van der Waals surface area contributed by atoms with Crippen LogP contribution in [-0.4, -0.2) is 49.6 Å². The van der Waals surface area contributed by atoms with Gasteiger partial charge in [-0.25, -0.2) is 0 Å². The maximum absolute atomic E-state index is 6.22. The van der Waals surface area contributed by atoms with E-state index in [1.165, 1.54) is 0 Å². The fraction of sp³-hybridized carbons (Fsp3) is 0.850. The molecule has 1 aromatic heterocycles. The van der Waals surface area contributed by atoms with Gasteiger partial charge in [-0.05, 0) is 52.8 Å². The van der Waals surface area contributed by atoms with Crippen LogP contribution in [0.2, 0.25) is 18.1 Å². The van der Waals surface area contributed by atoms with Crippen molar-refractivity contribution < 1.29 is 18.5 Å². The molecule has 160 valence electrons. The second-order valence-electron chi connectivity index (χ2n) is 10.3. The quantitative estimate of drug-likeness (QED) is 0.505. The van der Waals surface area contributed by atoms with Gasteiger partial charge in [0.25, 0.3) is 0 Å². The molecular formula is C20H39BN2O4Si. The van der Waals surface area contributed by atoms with E-state index in [1.807, 2.05) is 24.9 Å². The van der Waals surface area contributed by atoms with Gasteiger partial charge < -0.3 is 18.5 Å².